The molecule has 0 unspecified atom stereocenters. The van der Waals surface area contributed by atoms with E-state index in [0.717, 1.165) is 17.7 Å². The molecule has 1 amide bonds. The number of halogens is 2. The van der Waals surface area contributed by atoms with Crippen molar-refractivity contribution in [3.05, 3.63) is 65.2 Å². The van der Waals surface area contributed by atoms with Gasteiger partial charge in [-0.3, -0.25) is 4.79 Å². The van der Waals surface area contributed by atoms with Crippen LogP contribution >= 0.6 is 0 Å². The molecule has 0 saturated heterocycles. The van der Waals surface area contributed by atoms with Crippen molar-refractivity contribution in [2.75, 3.05) is 11.9 Å². The normalized spacial score (nSPS) is 10.3. The summed E-state index contributed by atoms with van der Waals surface area (Å²) < 4.78 is 26.4. The van der Waals surface area contributed by atoms with Gasteiger partial charge in [-0.1, -0.05) is 12.1 Å². The van der Waals surface area contributed by atoms with Gasteiger partial charge >= 0.3 is 0 Å². The Morgan fingerprint density at radius 2 is 1.84 bits per heavy atom. The van der Waals surface area contributed by atoms with Crippen LogP contribution in [0.5, 0.6) is 0 Å². The molecule has 0 spiro atoms. The highest BCUT2D eigenvalue weighted by Gasteiger charge is 2.17. The lowest BCUT2D eigenvalue weighted by molar-refractivity contribution is 0.0989. The van der Waals surface area contributed by atoms with Crippen LogP contribution in [0.2, 0.25) is 0 Å². The maximum absolute atomic E-state index is 13.6. The van der Waals surface area contributed by atoms with E-state index >= 15 is 0 Å². The molecule has 0 saturated carbocycles. The third-order valence-corrected chi connectivity index (χ3v) is 2.86. The lowest BCUT2D eigenvalue weighted by Gasteiger charge is -2.18. The van der Waals surface area contributed by atoms with Crippen molar-refractivity contribution in [1.82, 2.24) is 0 Å². The van der Waals surface area contributed by atoms with Gasteiger partial charge in [0.1, 0.15) is 11.6 Å². The van der Waals surface area contributed by atoms with Gasteiger partial charge in [-0.05, 0) is 36.8 Å². The van der Waals surface area contributed by atoms with Gasteiger partial charge in [0.05, 0.1) is 5.56 Å². The minimum Gasteiger partial charge on any atom is -0.311 e. The predicted molar refractivity (Wildman–Crippen MR) is 70.3 cm³/mol. The van der Waals surface area contributed by atoms with Gasteiger partial charge in [0.2, 0.25) is 0 Å². The van der Waals surface area contributed by atoms with Crippen LogP contribution in [0.3, 0.4) is 0 Å². The molecule has 2 aromatic rings. The van der Waals surface area contributed by atoms with E-state index in [-0.39, 0.29) is 5.56 Å². The van der Waals surface area contributed by atoms with Crippen LogP contribution in [0, 0.1) is 18.6 Å². The van der Waals surface area contributed by atoms with Crippen molar-refractivity contribution in [1.29, 1.82) is 0 Å². The number of carbonyl (C=O) groups excluding carboxylic acids is 1. The summed E-state index contributed by atoms with van der Waals surface area (Å²) in [5.74, 6) is -2.07. The second kappa shape index (κ2) is 5.18. The van der Waals surface area contributed by atoms with E-state index in [0.29, 0.717) is 11.8 Å². The van der Waals surface area contributed by atoms with Gasteiger partial charge in [-0.25, -0.2) is 8.78 Å². The maximum atomic E-state index is 13.6. The molecule has 4 heteroatoms. The van der Waals surface area contributed by atoms with Crippen LogP contribution in [-0.4, -0.2) is 13.0 Å². The third-order valence-electron chi connectivity index (χ3n) is 2.86. The topological polar surface area (TPSA) is 20.3 Å². The van der Waals surface area contributed by atoms with Gasteiger partial charge in [0, 0.05) is 18.8 Å². The highest BCUT2D eigenvalue weighted by molar-refractivity contribution is 6.05. The minimum atomic E-state index is -0.857. The van der Waals surface area contributed by atoms with Crippen LogP contribution in [-0.2, 0) is 0 Å². The molecule has 0 aliphatic carbocycles. The smallest absolute Gasteiger partial charge is 0.260 e. The fourth-order valence-corrected chi connectivity index (χ4v) is 1.80. The average Bonchev–Trinajstić information content (AvgIpc) is 2.37. The van der Waals surface area contributed by atoms with Crippen molar-refractivity contribution in [3.63, 3.8) is 0 Å². The largest absolute Gasteiger partial charge is 0.311 e. The average molecular weight is 261 g/mol. The van der Waals surface area contributed by atoms with E-state index in [1.165, 1.54) is 4.90 Å². The number of nitrogens with zero attached hydrogens (tertiary/aromatic N) is 1. The first kappa shape index (κ1) is 13.2. The number of amides is 1. The highest BCUT2D eigenvalue weighted by Crippen LogP contribution is 2.18. The number of hydrogen-bond acceptors (Lipinski definition) is 1. The molecule has 0 radical (unpaired) electrons. The van der Waals surface area contributed by atoms with Crippen molar-refractivity contribution in [2.24, 2.45) is 0 Å². The lowest BCUT2D eigenvalue weighted by Crippen LogP contribution is -2.27. The molecule has 98 valence electrons. The summed E-state index contributed by atoms with van der Waals surface area (Å²) in [5, 5.41) is 0. The van der Waals surface area contributed by atoms with E-state index in [1.807, 2.05) is 25.1 Å². The molecule has 2 nitrogen and oxygen atoms in total. The summed E-state index contributed by atoms with van der Waals surface area (Å²) in [6, 6.07) is 10.2. The summed E-state index contributed by atoms with van der Waals surface area (Å²) in [4.78, 5) is 13.5. The third kappa shape index (κ3) is 2.78. The first-order valence-electron chi connectivity index (χ1n) is 5.79. The Balaban J connectivity index is 2.33. The van der Waals surface area contributed by atoms with Crippen LogP contribution in [0.15, 0.2) is 42.5 Å². The van der Waals surface area contributed by atoms with Gasteiger partial charge < -0.3 is 4.90 Å². The van der Waals surface area contributed by atoms with Crippen molar-refractivity contribution < 1.29 is 13.6 Å². The van der Waals surface area contributed by atoms with E-state index in [2.05, 4.69) is 0 Å². The van der Waals surface area contributed by atoms with E-state index < -0.39 is 17.5 Å². The zero-order valence-electron chi connectivity index (χ0n) is 10.7. The van der Waals surface area contributed by atoms with Crippen LogP contribution < -0.4 is 4.90 Å². The van der Waals surface area contributed by atoms with Crippen molar-refractivity contribution in [3.8, 4) is 0 Å². The summed E-state index contributed by atoms with van der Waals surface area (Å²) in [7, 11) is 1.56. The monoisotopic (exact) mass is 261 g/mol. The molecule has 0 aliphatic rings. The highest BCUT2D eigenvalue weighted by atomic mass is 19.1. The second-order valence-electron chi connectivity index (χ2n) is 4.33. The Bertz CT molecular complexity index is 625. The number of anilines is 1. The van der Waals surface area contributed by atoms with Gasteiger partial charge in [-0.2, -0.15) is 0 Å². The fraction of sp³-hybridized carbons (Fsp3) is 0.133. The zero-order valence-corrected chi connectivity index (χ0v) is 10.7. The van der Waals surface area contributed by atoms with Crippen molar-refractivity contribution >= 4 is 11.6 Å². The van der Waals surface area contributed by atoms with E-state index in [1.54, 1.807) is 13.1 Å². The van der Waals surface area contributed by atoms with Gasteiger partial charge in [-0.15, -0.1) is 0 Å². The molecule has 19 heavy (non-hydrogen) atoms. The Labute approximate surface area is 110 Å². The van der Waals surface area contributed by atoms with E-state index in [9.17, 15) is 13.6 Å². The number of carbonyl (C=O) groups is 1. The Kier molecular flexibility index (Phi) is 3.60. The van der Waals surface area contributed by atoms with E-state index in [4.69, 9.17) is 0 Å². The predicted octanol–water partition coefficient (Wildman–Crippen LogP) is 3.55. The standard InChI is InChI=1S/C15H13F2NO/c1-10-4-3-5-12(8-10)18(2)15(19)13-7-6-11(16)9-14(13)17/h3-9H,1-2H3. The van der Waals surface area contributed by atoms with Gasteiger partial charge in [0.15, 0.2) is 0 Å². The molecule has 0 heterocycles. The van der Waals surface area contributed by atoms with Crippen LogP contribution in [0.25, 0.3) is 0 Å². The Hall–Kier alpha value is -2.23. The molecule has 0 atom stereocenters. The van der Waals surface area contributed by atoms with Gasteiger partial charge in [0.25, 0.3) is 5.91 Å². The first-order chi connectivity index (χ1) is 8.99. The van der Waals surface area contributed by atoms with Crippen LogP contribution in [0.4, 0.5) is 14.5 Å². The molecule has 0 fully saturated rings. The number of aryl methyl sites for hydroxylation is 1. The maximum Gasteiger partial charge on any atom is 0.260 e. The zero-order chi connectivity index (χ0) is 14.0. The minimum absolute atomic E-state index is 0.148. The second-order valence-corrected chi connectivity index (χ2v) is 4.33. The quantitative estimate of drug-likeness (QED) is 0.809. The fourth-order valence-electron chi connectivity index (χ4n) is 1.80. The molecular formula is C15H13F2NO. The SMILES string of the molecule is Cc1cccc(N(C)C(=O)c2ccc(F)cc2F)c1. The summed E-state index contributed by atoms with van der Waals surface area (Å²) in [6.07, 6.45) is 0. The summed E-state index contributed by atoms with van der Waals surface area (Å²) in [6.45, 7) is 1.90. The first-order valence-corrected chi connectivity index (χ1v) is 5.79. The Morgan fingerprint density at radius 1 is 1.11 bits per heavy atom. The number of hydrogen-bond donors (Lipinski definition) is 0. The molecule has 0 aliphatic heterocycles. The molecule has 0 bridgehead atoms. The molecule has 0 N–H and O–H groups in total. The number of rotatable bonds is 2. The molecule has 0 aromatic heterocycles. The molecule has 2 aromatic carbocycles. The lowest BCUT2D eigenvalue weighted by atomic mass is 10.1. The Morgan fingerprint density at radius 3 is 2.47 bits per heavy atom. The summed E-state index contributed by atoms with van der Waals surface area (Å²) >= 11 is 0. The molecule has 2 rings (SSSR count). The van der Waals surface area contributed by atoms with Crippen LogP contribution in [0.1, 0.15) is 15.9 Å². The van der Waals surface area contributed by atoms with Crippen molar-refractivity contribution in [2.45, 2.75) is 6.92 Å². The molecular weight excluding hydrogens is 248 g/mol. The number of benzene rings is 2. The summed E-state index contributed by atoms with van der Waals surface area (Å²) in [5.41, 5.74) is 1.51.